The van der Waals surface area contributed by atoms with E-state index in [1.54, 1.807) is 0 Å². The third kappa shape index (κ3) is 1.50. The molecule has 64 valence electrons. The largest absolute Gasteiger partial charge is 0.398 e. The molecule has 1 heteroatoms. The predicted octanol–water partition coefficient (Wildman–Crippen LogP) is 2.73. The van der Waals surface area contributed by atoms with Gasteiger partial charge in [0.2, 0.25) is 0 Å². The van der Waals surface area contributed by atoms with Crippen molar-refractivity contribution in [3.8, 4) is 0 Å². The minimum atomic E-state index is -0.0364. The van der Waals surface area contributed by atoms with E-state index >= 15 is 0 Å². The average Bonchev–Trinajstić information content (AvgIpc) is 2.05. The Kier molecular flexibility index (Phi) is 2.22. The zero-order chi connectivity index (χ0) is 9.19. The van der Waals surface area contributed by atoms with Crippen molar-refractivity contribution in [2.75, 3.05) is 5.73 Å². The highest BCUT2D eigenvalue weighted by molar-refractivity contribution is 5.51. The smallest absolute Gasteiger partial charge is 0.0355 e. The Bertz CT molecular complexity index is 287. The van der Waals surface area contributed by atoms with Crippen molar-refractivity contribution in [3.05, 3.63) is 42.5 Å². The second-order valence-corrected chi connectivity index (χ2v) is 3.51. The summed E-state index contributed by atoms with van der Waals surface area (Å²) < 4.78 is 0. The van der Waals surface area contributed by atoms with Crippen LogP contribution in [-0.4, -0.2) is 0 Å². The summed E-state index contributed by atoms with van der Waals surface area (Å²) in [5.41, 5.74) is 7.77. The second kappa shape index (κ2) is 3.02. The lowest BCUT2D eigenvalue weighted by Crippen LogP contribution is -2.14. The summed E-state index contributed by atoms with van der Waals surface area (Å²) in [5, 5.41) is 0. The summed E-state index contributed by atoms with van der Waals surface area (Å²) in [6.07, 6.45) is 1.92. The summed E-state index contributed by atoms with van der Waals surface area (Å²) in [7, 11) is 0. The Morgan fingerprint density at radius 2 is 1.92 bits per heavy atom. The Morgan fingerprint density at radius 3 is 2.42 bits per heavy atom. The monoisotopic (exact) mass is 161 g/mol. The fraction of sp³-hybridized carbons (Fsp3) is 0.273. The van der Waals surface area contributed by atoms with Gasteiger partial charge in [0.05, 0.1) is 0 Å². The first-order chi connectivity index (χ1) is 5.58. The predicted molar refractivity (Wildman–Crippen MR) is 54.1 cm³/mol. The van der Waals surface area contributed by atoms with Gasteiger partial charge in [-0.25, -0.2) is 0 Å². The maximum Gasteiger partial charge on any atom is 0.0355 e. The van der Waals surface area contributed by atoms with Crippen LogP contribution in [-0.2, 0) is 5.41 Å². The molecule has 2 N–H and O–H groups in total. The van der Waals surface area contributed by atoms with Crippen LogP contribution in [0, 0.1) is 0 Å². The molecule has 1 rings (SSSR count). The van der Waals surface area contributed by atoms with E-state index in [2.05, 4.69) is 20.4 Å². The molecule has 0 fully saturated rings. The minimum Gasteiger partial charge on any atom is -0.398 e. The molecule has 0 bridgehead atoms. The number of nitrogens with two attached hydrogens (primary N) is 1. The van der Waals surface area contributed by atoms with Crippen LogP contribution in [0.5, 0.6) is 0 Å². The van der Waals surface area contributed by atoms with Crippen molar-refractivity contribution in [2.45, 2.75) is 19.3 Å². The lowest BCUT2D eigenvalue weighted by molar-refractivity contribution is 0.674. The van der Waals surface area contributed by atoms with Gasteiger partial charge in [-0.3, -0.25) is 0 Å². The van der Waals surface area contributed by atoms with Gasteiger partial charge < -0.3 is 5.73 Å². The number of hydrogen-bond acceptors (Lipinski definition) is 1. The third-order valence-electron chi connectivity index (χ3n) is 2.17. The van der Waals surface area contributed by atoms with Gasteiger partial charge >= 0.3 is 0 Å². The molecule has 0 aliphatic carbocycles. The van der Waals surface area contributed by atoms with Crippen LogP contribution in [0.2, 0.25) is 0 Å². The Hall–Kier alpha value is -1.24. The number of para-hydroxylation sites is 1. The minimum absolute atomic E-state index is 0.0364. The van der Waals surface area contributed by atoms with E-state index in [0.29, 0.717) is 0 Å². The van der Waals surface area contributed by atoms with Gasteiger partial charge in [-0.05, 0) is 11.6 Å². The van der Waals surface area contributed by atoms with Crippen LogP contribution >= 0.6 is 0 Å². The summed E-state index contributed by atoms with van der Waals surface area (Å²) in [5.74, 6) is 0. The molecule has 0 unspecified atom stereocenters. The SMILES string of the molecule is C=CC(C)(C)c1ccccc1N. The van der Waals surface area contributed by atoms with Crippen molar-refractivity contribution in [2.24, 2.45) is 0 Å². The second-order valence-electron chi connectivity index (χ2n) is 3.51. The molecule has 0 atom stereocenters. The quantitative estimate of drug-likeness (QED) is 0.524. The Balaban J connectivity index is 3.19. The average molecular weight is 161 g/mol. The first-order valence-electron chi connectivity index (χ1n) is 4.06. The van der Waals surface area contributed by atoms with Gasteiger partial charge in [0.15, 0.2) is 0 Å². The Labute approximate surface area is 73.9 Å². The van der Waals surface area contributed by atoms with Crippen LogP contribution in [0.25, 0.3) is 0 Å². The lowest BCUT2D eigenvalue weighted by Gasteiger charge is -2.21. The Morgan fingerprint density at radius 1 is 1.33 bits per heavy atom. The van der Waals surface area contributed by atoms with Gasteiger partial charge in [-0.2, -0.15) is 0 Å². The maximum absolute atomic E-state index is 5.83. The van der Waals surface area contributed by atoms with E-state index in [-0.39, 0.29) is 5.41 Å². The fourth-order valence-corrected chi connectivity index (χ4v) is 1.19. The molecule has 0 saturated carbocycles. The molecule has 0 amide bonds. The molecular weight excluding hydrogens is 146 g/mol. The van der Waals surface area contributed by atoms with Crippen molar-refractivity contribution in [1.82, 2.24) is 0 Å². The number of allylic oxidation sites excluding steroid dienone is 1. The molecular formula is C11H15N. The summed E-state index contributed by atoms with van der Waals surface area (Å²) in [6, 6.07) is 7.90. The van der Waals surface area contributed by atoms with Crippen molar-refractivity contribution >= 4 is 5.69 Å². The van der Waals surface area contributed by atoms with Crippen LogP contribution in [0.3, 0.4) is 0 Å². The standard InChI is InChI=1S/C11H15N/c1-4-11(2,3)9-7-5-6-8-10(9)12/h4-8H,1,12H2,2-3H3. The lowest BCUT2D eigenvalue weighted by atomic mass is 9.84. The molecule has 1 aromatic rings. The highest BCUT2D eigenvalue weighted by atomic mass is 14.6. The molecule has 1 aromatic carbocycles. The molecule has 0 aromatic heterocycles. The van der Waals surface area contributed by atoms with Gasteiger partial charge in [-0.1, -0.05) is 38.1 Å². The fourth-order valence-electron chi connectivity index (χ4n) is 1.19. The topological polar surface area (TPSA) is 26.0 Å². The molecule has 0 spiro atoms. The highest BCUT2D eigenvalue weighted by Crippen LogP contribution is 2.28. The van der Waals surface area contributed by atoms with Crippen LogP contribution < -0.4 is 5.73 Å². The van der Waals surface area contributed by atoms with E-state index in [1.807, 2.05) is 30.3 Å². The van der Waals surface area contributed by atoms with Gasteiger partial charge in [0.25, 0.3) is 0 Å². The summed E-state index contributed by atoms with van der Waals surface area (Å²) >= 11 is 0. The van der Waals surface area contributed by atoms with E-state index in [4.69, 9.17) is 5.73 Å². The van der Waals surface area contributed by atoms with E-state index in [1.165, 1.54) is 0 Å². The normalized spacial score (nSPS) is 11.2. The number of hydrogen-bond donors (Lipinski definition) is 1. The van der Waals surface area contributed by atoms with Gasteiger partial charge in [0, 0.05) is 11.1 Å². The molecule has 0 aliphatic heterocycles. The summed E-state index contributed by atoms with van der Waals surface area (Å²) in [6.45, 7) is 8.00. The number of nitrogen functional groups attached to an aromatic ring is 1. The molecule has 1 nitrogen and oxygen atoms in total. The zero-order valence-corrected chi connectivity index (χ0v) is 7.67. The summed E-state index contributed by atoms with van der Waals surface area (Å²) in [4.78, 5) is 0. The first kappa shape index (κ1) is 8.85. The van der Waals surface area contributed by atoms with Crippen molar-refractivity contribution in [3.63, 3.8) is 0 Å². The number of anilines is 1. The highest BCUT2D eigenvalue weighted by Gasteiger charge is 2.17. The molecule has 0 saturated heterocycles. The first-order valence-corrected chi connectivity index (χ1v) is 4.06. The van der Waals surface area contributed by atoms with E-state index in [0.717, 1.165) is 11.3 Å². The van der Waals surface area contributed by atoms with Gasteiger partial charge in [0.1, 0.15) is 0 Å². The molecule has 0 heterocycles. The zero-order valence-electron chi connectivity index (χ0n) is 7.67. The molecule has 12 heavy (non-hydrogen) atoms. The van der Waals surface area contributed by atoms with E-state index in [9.17, 15) is 0 Å². The van der Waals surface area contributed by atoms with Crippen molar-refractivity contribution in [1.29, 1.82) is 0 Å². The number of benzene rings is 1. The maximum atomic E-state index is 5.83. The van der Waals surface area contributed by atoms with Crippen LogP contribution in [0.15, 0.2) is 36.9 Å². The van der Waals surface area contributed by atoms with Crippen LogP contribution in [0.1, 0.15) is 19.4 Å². The third-order valence-corrected chi connectivity index (χ3v) is 2.17. The van der Waals surface area contributed by atoms with Crippen LogP contribution in [0.4, 0.5) is 5.69 Å². The number of rotatable bonds is 2. The molecule has 0 radical (unpaired) electrons. The van der Waals surface area contributed by atoms with Crippen molar-refractivity contribution < 1.29 is 0 Å². The molecule has 0 aliphatic rings. The van der Waals surface area contributed by atoms with Gasteiger partial charge in [-0.15, -0.1) is 6.58 Å². The van der Waals surface area contributed by atoms with E-state index < -0.39 is 0 Å².